The normalized spacial score (nSPS) is 10.6. The van der Waals surface area contributed by atoms with E-state index in [-0.39, 0.29) is 5.91 Å². The number of aromatic nitrogens is 1. The van der Waals surface area contributed by atoms with Gasteiger partial charge in [0.25, 0.3) is 0 Å². The summed E-state index contributed by atoms with van der Waals surface area (Å²) in [7, 11) is 0. The molecule has 3 nitrogen and oxygen atoms in total. The van der Waals surface area contributed by atoms with Crippen LogP contribution in [0.4, 0.5) is 5.69 Å². The maximum absolute atomic E-state index is 11.8. The van der Waals surface area contributed by atoms with Crippen molar-refractivity contribution in [1.29, 1.82) is 0 Å². The second-order valence-corrected chi connectivity index (χ2v) is 6.19. The molecule has 1 rings (SSSR count). The Morgan fingerprint density at radius 3 is 2.60 bits per heavy atom. The average Bonchev–Trinajstić information content (AvgIpc) is 2.42. The van der Waals surface area contributed by atoms with Crippen LogP contribution in [-0.4, -0.2) is 10.9 Å². The third-order valence-electron chi connectivity index (χ3n) is 3.09. The molecule has 0 aliphatic carbocycles. The molecular formula is C15H22BrClN2O. The van der Waals surface area contributed by atoms with Gasteiger partial charge in [-0.15, -0.1) is 0 Å². The molecule has 0 spiro atoms. The molecule has 0 saturated heterocycles. The van der Waals surface area contributed by atoms with Crippen molar-refractivity contribution < 1.29 is 4.79 Å². The quantitative estimate of drug-likeness (QED) is 0.461. The second kappa shape index (κ2) is 10.2. The zero-order valence-electron chi connectivity index (χ0n) is 11.9. The summed E-state index contributed by atoms with van der Waals surface area (Å²) in [5.74, 6) is 0.000332. The van der Waals surface area contributed by atoms with Crippen molar-refractivity contribution in [2.24, 2.45) is 0 Å². The first-order valence-electron chi connectivity index (χ1n) is 7.24. The summed E-state index contributed by atoms with van der Waals surface area (Å²) in [6.07, 6.45) is 10.6. The first-order chi connectivity index (χ1) is 9.63. The van der Waals surface area contributed by atoms with Crippen molar-refractivity contribution in [2.75, 3.05) is 5.32 Å². The van der Waals surface area contributed by atoms with Crippen LogP contribution in [0.2, 0.25) is 5.15 Å². The van der Waals surface area contributed by atoms with E-state index in [1.54, 1.807) is 12.3 Å². The highest BCUT2D eigenvalue weighted by atomic mass is 79.9. The third kappa shape index (κ3) is 7.25. The lowest BCUT2D eigenvalue weighted by Gasteiger charge is -2.07. The van der Waals surface area contributed by atoms with Crippen LogP contribution in [0.5, 0.6) is 0 Å². The number of nitrogens with zero attached hydrogens (tertiary/aromatic N) is 1. The van der Waals surface area contributed by atoms with E-state index < -0.39 is 0 Å². The fourth-order valence-electron chi connectivity index (χ4n) is 1.97. The fourth-order valence-corrected chi connectivity index (χ4v) is 2.45. The number of halogens is 2. The molecule has 0 aromatic carbocycles. The van der Waals surface area contributed by atoms with E-state index in [1.165, 1.54) is 32.1 Å². The molecule has 0 aliphatic rings. The van der Waals surface area contributed by atoms with E-state index in [2.05, 4.69) is 33.2 Å². The van der Waals surface area contributed by atoms with Gasteiger partial charge in [-0.05, 0) is 28.4 Å². The summed E-state index contributed by atoms with van der Waals surface area (Å²) in [5.41, 5.74) is 0.564. The number of anilines is 1. The van der Waals surface area contributed by atoms with Gasteiger partial charge in [0, 0.05) is 17.1 Å². The van der Waals surface area contributed by atoms with Gasteiger partial charge in [0.05, 0.1) is 5.69 Å². The first-order valence-corrected chi connectivity index (χ1v) is 8.41. The van der Waals surface area contributed by atoms with Crippen molar-refractivity contribution in [1.82, 2.24) is 4.98 Å². The molecule has 0 aliphatic heterocycles. The molecule has 0 atom stereocenters. The minimum absolute atomic E-state index is 0.000332. The van der Waals surface area contributed by atoms with Gasteiger partial charge in [0.15, 0.2) is 5.15 Å². The molecule has 20 heavy (non-hydrogen) atoms. The summed E-state index contributed by atoms with van der Waals surface area (Å²) in [4.78, 5) is 15.8. The van der Waals surface area contributed by atoms with Crippen molar-refractivity contribution >= 4 is 39.1 Å². The molecule has 1 N–H and O–H groups in total. The van der Waals surface area contributed by atoms with Gasteiger partial charge in [-0.1, -0.05) is 57.0 Å². The monoisotopic (exact) mass is 360 g/mol. The molecule has 112 valence electrons. The Bertz CT molecular complexity index is 426. The lowest BCUT2D eigenvalue weighted by molar-refractivity contribution is -0.116. The minimum atomic E-state index is 0.000332. The van der Waals surface area contributed by atoms with Crippen molar-refractivity contribution in [2.45, 2.75) is 58.3 Å². The molecule has 1 aromatic rings. The molecule has 0 fully saturated rings. The molecule has 0 saturated carbocycles. The second-order valence-electron chi connectivity index (χ2n) is 4.91. The van der Waals surface area contributed by atoms with Gasteiger partial charge in [0.1, 0.15) is 0 Å². The maximum atomic E-state index is 11.8. The van der Waals surface area contributed by atoms with Crippen LogP contribution in [0, 0.1) is 0 Å². The summed E-state index contributed by atoms with van der Waals surface area (Å²) in [6.45, 7) is 2.21. The highest BCUT2D eigenvalue weighted by Gasteiger charge is 2.07. The molecule has 1 heterocycles. The highest BCUT2D eigenvalue weighted by molar-refractivity contribution is 9.10. The lowest BCUT2D eigenvalue weighted by atomic mass is 10.1. The molecule has 5 heteroatoms. The Kier molecular flexibility index (Phi) is 8.86. The molecule has 0 bridgehead atoms. The van der Waals surface area contributed by atoms with Gasteiger partial charge in [0.2, 0.25) is 5.91 Å². The Morgan fingerprint density at radius 1 is 1.25 bits per heavy atom. The predicted octanol–water partition coefficient (Wildman–Crippen LogP) is 5.58. The first kappa shape index (κ1) is 17.4. The Morgan fingerprint density at radius 2 is 1.90 bits per heavy atom. The Balaban J connectivity index is 2.19. The molecule has 0 radical (unpaired) electrons. The number of pyridine rings is 1. The summed E-state index contributed by atoms with van der Waals surface area (Å²) in [6, 6.07) is 1.76. The number of hydrogen-bond donors (Lipinski definition) is 1. The van der Waals surface area contributed by atoms with E-state index in [1.807, 2.05) is 0 Å². The van der Waals surface area contributed by atoms with Crippen molar-refractivity contribution in [3.63, 3.8) is 0 Å². The van der Waals surface area contributed by atoms with Gasteiger partial charge in [-0.3, -0.25) is 4.79 Å². The number of carbonyl (C=O) groups is 1. The zero-order chi connectivity index (χ0) is 14.8. The topological polar surface area (TPSA) is 42.0 Å². The van der Waals surface area contributed by atoms with E-state index in [9.17, 15) is 4.79 Å². The largest absolute Gasteiger partial charge is 0.323 e. The molecule has 0 unspecified atom stereocenters. The molecule has 1 amide bonds. The van der Waals surface area contributed by atoms with Gasteiger partial charge in [-0.25, -0.2) is 4.98 Å². The van der Waals surface area contributed by atoms with Crippen LogP contribution in [0.3, 0.4) is 0 Å². The summed E-state index contributed by atoms with van der Waals surface area (Å²) in [5, 5.41) is 3.12. The number of rotatable bonds is 9. The third-order valence-corrected chi connectivity index (χ3v) is 3.82. The molecule has 1 aromatic heterocycles. The number of hydrogen-bond acceptors (Lipinski definition) is 2. The van der Waals surface area contributed by atoms with E-state index in [0.29, 0.717) is 17.3 Å². The summed E-state index contributed by atoms with van der Waals surface area (Å²) >= 11 is 9.23. The number of amides is 1. The standard InChI is InChI=1S/C15H22BrClN2O/c1-2-3-4-5-6-7-8-9-14(20)19-13-10-12(16)11-18-15(13)17/h10-11H,2-9H2,1H3,(H,19,20). The predicted molar refractivity (Wildman–Crippen MR) is 88.2 cm³/mol. The number of nitrogens with one attached hydrogen (secondary N) is 1. The van der Waals surface area contributed by atoms with E-state index in [4.69, 9.17) is 11.6 Å². The molecular weight excluding hydrogens is 340 g/mol. The van der Waals surface area contributed by atoms with Crippen LogP contribution < -0.4 is 5.32 Å². The van der Waals surface area contributed by atoms with Crippen LogP contribution >= 0.6 is 27.5 Å². The SMILES string of the molecule is CCCCCCCCCC(=O)Nc1cc(Br)cnc1Cl. The zero-order valence-corrected chi connectivity index (χ0v) is 14.3. The number of carbonyl (C=O) groups excluding carboxylic acids is 1. The minimum Gasteiger partial charge on any atom is -0.323 e. The van der Waals surface area contributed by atoms with Crippen LogP contribution in [0.15, 0.2) is 16.7 Å². The van der Waals surface area contributed by atoms with E-state index in [0.717, 1.165) is 17.3 Å². The van der Waals surface area contributed by atoms with Gasteiger partial charge in [-0.2, -0.15) is 0 Å². The number of unbranched alkanes of at least 4 members (excludes halogenated alkanes) is 6. The Labute approximate surface area is 134 Å². The summed E-state index contributed by atoms with van der Waals surface area (Å²) < 4.78 is 0.799. The van der Waals surface area contributed by atoms with Gasteiger partial charge >= 0.3 is 0 Å². The fraction of sp³-hybridized carbons (Fsp3) is 0.600. The van der Waals surface area contributed by atoms with Crippen molar-refractivity contribution in [3.8, 4) is 0 Å². The van der Waals surface area contributed by atoms with Gasteiger partial charge < -0.3 is 5.32 Å². The smallest absolute Gasteiger partial charge is 0.224 e. The van der Waals surface area contributed by atoms with Crippen molar-refractivity contribution in [3.05, 3.63) is 21.9 Å². The maximum Gasteiger partial charge on any atom is 0.224 e. The lowest BCUT2D eigenvalue weighted by Crippen LogP contribution is -2.11. The van der Waals surface area contributed by atoms with E-state index >= 15 is 0 Å². The van der Waals surface area contributed by atoms with Crippen LogP contribution in [-0.2, 0) is 4.79 Å². The van der Waals surface area contributed by atoms with Crippen LogP contribution in [0.1, 0.15) is 58.3 Å². The average molecular weight is 362 g/mol. The Hall–Kier alpha value is -0.610. The highest BCUT2D eigenvalue weighted by Crippen LogP contribution is 2.23. The van der Waals surface area contributed by atoms with Crippen LogP contribution in [0.25, 0.3) is 0 Å².